The molecule has 1 fully saturated rings. The number of nitrogens with zero attached hydrogens (tertiary/aromatic N) is 1. The van der Waals surface area contributed by atoms with Crippen LogP contribution in [0.25, 0.3) is 0 Å². The van der Waals surface area contributed by atoms with Gasteiger partial charge in [-0.25, -0.2) is 0 Å². The van der Waals surface area contributed by atoms with E-state index in [4.69, 9.17) is 5.11 Å². The Balaban J connectivity index is 2.51. The van der Waals surface area contributed by atoms with Crippen LogP contribution in [-0.2, 0) is 4.79 Å². The van der Waals surface area contributed by atoms with Gasteiger partial charge in [-0.1, -0.05) is 40.0 Å². The standard InChI is InChI=1S/C15H29NO2/c1-4-13-7-6-8-14(10-9-13)16(5-2)11-12(3)15(17)18/h12-14H,4-11H2,1-3H3,(H,17,18). The molecule has 0 aromatic rings. The number of aliphatic carboxylic acids is 1. The molecule has 0 radical (unpaired) electrons. The maximum Gasteiger partial charge on any atom is 0.307 e. The molecule has 106 valence electrons. The number of carbonyl (C=O) groups is 1. The average molecular weight is 255 g/mol. The molecule has 0 heterocycles. The van der Waals surface area contributed by atoms with E-state index < -0.39 is 5.97 Å². The minimum atomic E-state index is -0.673. The Morgan fingerprint density at radius 3 is 2.56 bits per heavy atom. The van der Waals surface area contributed by atoms with Gasteiger partial charge in [0.1, 0.15) is 0 Å². The molecule has 0 aromatic heterocycles. The summed E-state index contributed by atoms with van der Waals surface area (Å²) in [6.07, 6.45) is 7.78. The molecule has 0 amide bonds. The molecule has 0 saturated heterocycles. The van der Waals surface area contributed by atoms with Crippen molar-refractivity contribution >= 4 is 5.97 Å². The lowest BCUT2D eigenvalue weighted by molar-refractivity contribution is -0.141. The second kappa shape index (κ2) is 7.78. The summed E-state index contributed by atoms with van der Waals surface area (Å²) in [6, 6.07) is 0.605. The highest BCUT2D eigenvalue weighted by atomic mass is 16.4. The molecule has 1 rings (SSSR count). The first kappa shape index (κ1) is 15.5. The average Bonchev–Trinajstić information content (AvgIpc) is 2.60. The molecule has 0 aromatic carbocycles. The predicted molar refractivity (Wildman–Crippen MR) is 74.7 cm³/mol. The van der Waals surface area contributed by atoms with Crippen molar-refractivity contribution in [1.29, 1.82) is 0 Å². The fourth-order valence-corrected chi connectivity index (χ4v) is 3.10. The Morgan fingerprint density at radius 2 is 2.00 bits per heavy atom. The summed E-state index contributed by atoms with van der Waals surface area (Å²) in [5, 5.41) is 9.03. The number of carboxylic acid groups (broad SMARTS) is 1. The molecule has 1 aliphatic rings. The third-order valence-corrected chi connectivity index (χ3v) is 4.49. The van der Waals surface area contributed by atoms with E-state index in [-0.39, 0.29) is 5.92 Å². The molecule has 3 nitrogen and oxygen atoms in total. The number of hydrogen-bond acceptors (Lipinski definition) is 2. The molecule has 3 heteroatoms. The first-order chi connectivity index (χ1) is 8.58. The topological polar surface area (TPSA) is 40.5 Å². The fourth-order valence-electron chi connectivity index (χ4n) is 3.10. The molecule has 3 unspecified atom stereocenters. The largest absolute Gasteiger partial charge is 0.481 e. The van der Waals surface area contributed by atoms with E-state index in [0.717, 1.165) is 12.5 Å². The van der Waals surface area contributed by atoms with E-state index in [0.29, 0.717) is 12.6 Å². The summed E-state index contributed by atoms with van der Waals surface area (Å²) in [5.41, 5.74) is 0. The van der Waals surface area contributed by atoms with Crippen LogP contribution in [0.1, 0.15) is 59.3 Å². The second-order valence-electron chi connectivity index (χ2n) is 5.76. The molecule has 18 heavy (non-hydrogen) atoms. The van der Waals surface area contributed by atoms with Crippen LogP contribution in [0.5, 0.6) is 0 Å². The van der Waals surface area contributed by atoms with E-state index in [1.807, 2.05) is 6.92 Å². The molecule has 1 N–H and O–H groups in total. The lowest BCUT2D eigenvalue weighted by Crippen LogP contribution is -2.39. The van der Waals surface area contributed by atoms with Gasteiger partial charge in [0.25, 0.3) is 0 Å². The Morgan fingerprint density at radius 1 is 1.28 bits per heavy atom. The monoisotopic (exact) mass is 255 g/mol. The minimum Gasteiger partial charge on any atom is -0.481 e. The summed E-state index contributed by atoms with van der Waals surface area (Å²) in [4.78, 5) is 13.4. The minimum absolute atomic E-state index is 0.254. The van der Waals surface area contributed by atoms with Crippen molar-refractivity contribution in [3.63, 3.8) is 0 Å². The maximum absolute atomic E-state index is 11.0. The van der Waals surface area contributed by atoms with Crippen LogP contribution in [0.4, 0.5) is 0 Å². The Bertz CT molecular complexity index is 255. The zero-order valence-electron chi connectivity index (χ0n) is 12.2. The summed E-state index contributed by atoms with van der Waals surface area (Å²) in [5.74, 6) is -0.0331. The third kappa shape index (κ3) is 4.60. The van der Waals surface area contributed by atoms with Crippen molar-refractivity contribution < 1.29 is 9.90 Å². The quantitative estimate of drug-likeness (QED) is 0.740. The smallest absolute Gasteiger partial charge is 0.307 e. The van der Waals surface area contributed by atoms with E-state index in [9.17, 15) is 4.79 Å². The molecular formula is C15H29NO2. The van der Waals surface area contributed by atoms with Crippen molar-refractivity contribution in [1.82, 2.24) is 4.90 Å². The van der Waals surface area contributed by atoms with Gasteiger partial charge in [0.05, 0.1) is 5.92 Å². The van der Waals surface area contributed by atoms with Gasteiger partial charge in [0.15, 0.2) is 0 Å². The zero-order chi connectivity index (χ0) is 13.5. The number of hydrogen-bond donors (Lipinski definition) is 1. The highest BCUT2D eigenvalue weighted by Crippen LogP contribution is 2.28. The van der Waals surface area contributed by atoms with Gasteiger partial charge >= 0.3 is 5.97 Å². The molecule has 0 aliphatic heterocycles. The molecule has 0 spiro atoms. The SMILES string of the molecule is CCC1CCCC(N(CC)CC(C)C(=O)O)CC1. The highest BCUT2D eigenvalue weighted by molar-refractivity contribution is 5.69. The molecule has 1 aliphatic carbocycles. The zero-order valence-corrected chi connectivity index (χ0v) is 12.2. The lowest BCUT2D eigenvalue weighted by atomic mass is 9.97. The predicted octanol–water partition coefficient (Wildman–Crippen LogP) is 3.39. The molecule has 0 bridgehead atoms. The highest BCUT2D eigenvalue weighted by Gasteiger charge is 2.24. The van der Waals surface area contributed by atoms with Gasteiger partial charge in [-0.15, -0.1) is 0 Å². The van der Waals surface area contributed by atoms with Gasteiger partial charge < -0.3 is 5.11 Å². The number of carboxylic acids is 1. The van der Waals surface area contributed by atoms with E-state index in [1.165, 1.54) is 38.5 Å². The first-order valence-corrected chi connectivity index (χ1v) is 7.55. The summed E-state index contributed by atoms with van der Waals surface area (Å²) >= 11 is 0. The Hall–Kier alpha value is -0.570. The summed E-state index contributed by atoms with van der Waals surface area (Å²) in [6.45, 7) is 7.93. The van der Waals surface area contributed by atoms with Crippen molar-refractivity contribution in [3.8, 4) is 0 Å². The van der Waals surface area contributed by atoms with Crippen LogP contribution in [0, 0.1) is 11.8 Å². The van der Waals surface area contributed by atoms with Crippen LogP contribution >= 0.6 is 0 Å². The first-order valence-electron chi connectivity index (χ1n) is 7.55. The lowest BCUT2D eigenvalue weighted by Gasteiger charge is -2.31. The fraction of sp³-hybridized carbons (Fsp3) is 0.933. The van der Waals surface area contributed by atoms with Crippen LogP contribution in [-0.4, -0.2) is 35.1 Å². The summed E-state index contributed by atoms with van der Waals surface area (Å²) < 4.78 is 0. The van der Waals surface area contributed by atoms with Crippen LogP contribution in [0.2, 0.25) is 0 Å². The van der Waals surface area contributed by atoms with E-state index >= 15 is 0 Å². The van der Waals surface area contributed by atoms with Crippen molar-refractivity contribution in [2.75, 3.05) is 13.1 Å². The van der Waals surface area contributed by atoms with Crippen molar-refractivity contribution in [2.24, 2.45) is 11.8 Å². The van der Waals surface area contributed by atoms with Gasteiger partial charge in [-0.05, 0) is 31.7 Å². The number of rotatable bonds is 6. The third-order valence-electron chi connectivity index (χ3n) is 4.49. The van der Waals surface area contributed by atoms with E-state index in [2.05, 4.69) is 18.7 Å². The van der Waals surface area contributed by atoms with E-state index in [1.54, 1.807) is 0 Å². The van der Waals surface area contributed by atoms with Gasteiger partial charge in [-0.2, -0.15) is 0 Å². The van der Waals surface area contributed by atoms with Crippen LogP contribution in [0.3, 0.4) is 0 Å². The second-order valence-corrected chi connectivity index (χ2v) is 5.76. The van der Waals surface area contributed by atoms with Gasteiger partial charge in [-0.3, -0.25) is 9.69 Å². The van der Waals surface area contributed by atoms with Crippen LogP contribution < -0.4 is 0 Å². The van der Waals surface area contributed by atoms with Crippen molar-refractivity contribution in [3.05, 3.63) is 0 Å². The van der Waals surface area contributed by atoms with Crippen LogP contribution in [0.15, 0.2) is 0 Å². The van der Waals surface area contributed by atoms with Crippen molar-refractivity contribution in [2.45, 2.75) is 65.3 Å². The summed E-state index contributed by atoms with van der Waals surface area (Å²) in [7, 11) is 0. The Kier molecular flexibility index (Phi) is 6.69. The molecule has 1 saturated carbocycles. The molecular weight excluding hydrogens is 226 g/mol. The Labute approximate surface area is 112 Å². The normalized spacial score (nSPS) is 26.9. The molecule has 3 atom stereocenters. The van der Waals surface area contributed by atoms with Gasteiger partial charge in [0.2, 0.25) is 0 Å². The maximum atomic E-state index is 11.0. The van der Waals surface area contributed by atoms with Gasteiger partial charge in [0, 0.05) is 12.6 Å².